The van der Waals surface area contributed by atoms with E-state index in [0.29, 0.717) is 23.4 Å². The van der Waals surface area contributed by atoms with Crippen molar-refractivity contribution >= 4 is 28.5 Å². The van der Waals surface area contributed by atoms with Gasteiger partial charge in [-0.1, -0.05) is 25.5 Å². The molecule has 0 fully saturated rings. The molecule has 1 atom stereocenters. The molecule has 4 aromatic rings. The van der Waals surface area contributed by atoms with Crippen LogP contribution in [0, 0.1) is 5.82 Å². The highest BCUT2D eigenvalue weighted by molar-refractivity contribution is 6.10. The third-order valence-corrected chi connectivity index (χ3v) is 6.13. The maximum atomic E-state index is 13.9. The number of rotatable bonds is 6. The van der Waals surface area contributed by atoms with E-state index in [1.165, 1.54) is 23.1 Å². The van der Waals surface area contributed by atoms with Gasteiger partial charge in [-0.25, -0.2) is 9.18 Å². The molecule has 1 aromatic heterocycles. The highest BCUT2D eigenvalue weighted by atomic mass is 19.1. The van der Waals surface area contributed by atoms with Crippen LogP contribution in [-0.4, -0.2) is 23.6 Å². The van der Waals surface area contributed by atoms with E-state index in [2.05, 4.69) is 0 Å². The van der Waals surface area contributed by atoms with Crippen molar-refractivity contribution in [2.75, 3.05) is 11.5 Å². The molecule has 1 amide bonds. The lowest BCUT2D eigenvalue weighted by atomic mass is 9.98. The third-order valence-electron chi connectivity index (χ3n) is 6.13. The zero-order valence-electron chi connectivity index (χ0n) is 19.4. The normalized spacial score (nSPS) is 14.8. The fourth-order valence-electron chi connectivity index (χ4n) is 4.37. The molecule has 7 nitrogen and oxygen atoms in total. The van der Waals surface area contributed by atoms with Crippen molar-refractivity contribution in [2.45, 2.75) is 25.8 Å². The van der Waals surface area contributed by atoms with Crippen LogP contribution in [0.5, 0.6) is 5.75 Å². The van der Waals surface area contributed by atoms with E-state index in [1.807, 2.05) is 6.92 Å². The molecule has 1 aliphatic rings. The van der Waals surface area contributed by atoms with E-state index in [4.69, 9.17) is 9.15 Å². The number of benzene rings is 3. The molecule has 0 aliphatic carbocycles. The Morgan fingerprint density at radius 3 is 2.58 bits per heavy atom. The summed E-state index contributed by atoms with van der Waals surface area (Å²) in [6.45, 7) is 2.31. The molecule has 0 spiro atoms. The standard InChI is InChI=1S/C28H22FNO6/c1-2-3-13-35-28(34)16-7-10-19(11-8-16)30-24(17-5-4-6-20(31)14-17)23-25(32)21-15-18(29)9-12-22(21)36-26(23)27(30)33/h4-12,14-15,24,31H,2-3,13H2,1H3. The van der Waals surface area contributed by atoms with Crippen LogP contribution in [0.2, 0.25) is 0 Å². The Morgan fingerprint density at radius 2 is 1.86 bits per heavy atom. The zero-order valence-corrected chi connectivity index (χ0v) is 19.4. The first-order chi connectivity index (χ1) is 17.4. The van der Waals surface area contributed by atoms with Gasteiger partial charge in [0.15, 0.2) is 5.43 Å². The van der Waals surface area contributed by atoms with E-state index in [0.717, 1.165) is 25.0 Å². The lowest BCUT2D eigenvalue weighted by molar-refractivity contribution is 0.0499. The summed E-state index contributed by atoms with van der Waals surface area (Å²) >= 11 is 0. The van der Waals surface area contributed by atoms with Crippen molar-refractivity contribution < 1.29 is 28.2 Å². The number of amides is 1. The van der Waals surface area contributed by atoms with Gasteiger partial charge in [-0.15, -0.1) is 0 Å². The third kappa shape index (κ3) is 4.00. The van der Waals surface area contributed by atoms with Crippen molar-refractivity contribution in [1.29, 1.82) is 0 Å². The van der Waals surface area contributed by atoms with E-state index >= 15 is 0 Å². The van der Waals surface area contributed by atoms with Gasteiger partial charge in [0.2, 0.25) is 5.76 Å². The van der Waals surface area contributed by atoms with Crippen LogP contribution < -0.4 is 10.3 Å². The van der Waals surface area contributed by atoms with Crippen molar-refractivity contribution in [3.8, 4) is 5.75 Å². The number of fused-ring (bicyclic) bond motifs is 2. The van der Waals surface area contributed by atoms with Crippen LogP contribution in [0.1, 0.15) is 57.8 Å². The Bertz CT molecular complexity index is 1540. The first-order valence-electron chi connectivity index (χ1n) is 11.5. The minimum absolute atomic E-state index is 0.0127. The molecule has 182 valence electrons. The van der Waals surface area contributed by atoms with E-state index in [-0.39, 0.29) is 28.0 Å². The van der Waals surface area contributed by atoms with Crippen molar-refractivity contribution in [1.82, 2.24) is 0 Å². The first-order valence-corrected chi connectivity index (χ1v) is 11.5. The summed E-state index contributed by atoms with van der Waals surface area (Å²) in [5, 5.41) is 10.1. The van der Waals surface area contributed by atoms with Gasteiger partial charge in [0, 0.05) is 5.69 Å². The van der Waals surface area contributed by atoms with Gasteiger partial charge in [-0.05, 0) is 66.6 Å². The molecule has 5 rings (SSSR count). The number of halogens is 1. The topological polar surface area (TPSA) is 97.0 Å². The molecule has 0 saturated carbocycles. The van der Waals surface area contributed by atoms with Gasteiger partial charge in [-0.3, -0.25) is 14.5 Å². The Hall–Kier alpha value is -4.46. The van der Waals surface area contributed by atoms with Crippen molar-refractivity contribution in [2.24, 2.45) is 0 Å². The molecular weight excluding hydrogens is 465 g/mol. The number of hydrogen-bond donors (Lipinski definition) is 1. The molecule has 1 N–H and O–H groups in total. The second-order valence-corrected chi connectivity index (χ2v) is 8.52. The Kier molecular flexibility index (Phi) is 6.01. The van der Waals surface area contributed by atoms with Gasteiger partial charge in [0.1, 0.15) is 17.1 Å². The SMILES string of the molecule is CCCCOC(=O)c1ccc(N2C(=O)c3oc4ccc(F)cc4c(=O)c3C2c2cccc(O)c2)cc1. The molecule has 8 heteroatoms. The highest BCUT2D eigenvalue weighted by Crippen LogP contribution is 2.41. The fraction of sp³-hybridized carbons (Fsp3) is 0.179. The largest absolute Gasteiger partial charge is 0.508 e. The number of anilines is 1. The number of carbonyl (C=O) groups is 2. The monoisotopic (exact) mass is 487 g/mol. The van der Waals surface area contributed by atoms with Crippen LogP contribution in [0.25, 0.3) is 11.0 Å². The summed E-state index contributed by atoms with van der Waals surface area (Å²) < 4.78 is 25.0. The highest BCUT2D eigenvalue weighted by Gasteiger charge is 2.43. The minimum atomic E-state index is -0.939. The molecule has 0 bridgehead atoms. The lowest BCUT2D eigenvalue weighted by Crippen LogP contribution is -2.29. The van der Waals surface area contributed by atoms with Gasteiger partial charge in [0.05, 0.1) is 29.2 Å². The molecule has 2 heterocycles. The molecule has 3 aromatic carbocycles. The average Bonchev–Trinajstić information content (AvgIpc) is 3.17. The molecule has 0 radical (unpaired) electrons. The Morgan fingerprint density at radius 1 is 1.08 bits per heavy atom. The number of unbranched alkanes of at least 4 members (excludes halogenated alkanes) is 1. The van der Waals surface area contributed by atoms with Crippen LogP contribution in [0.4, 0.5) is 10.1 Å². The predicted octanol–water partition coefficient (Wildman–Crippen LogP) is 5.34. The summed E-state index contributed by atoms with van der Waals surface area (Å²) in [6, 6.07) is 15.1. The number of aromatic hydroxyl groups is 1. The maximum absolute atomic E-state index is 13.9. The van der Waals surface area contributed by atoms with Gasteiger partial charge >= 0.3 is 5.97 Å². The second-order valence-electron chi connectivity index (χ2n) is 8.52. The number of esters is 1. The van der Waals surface area contributed by atoms with E-state index in [9.17, 15) is 23.9 Å². The Labute approximate surface area is 205 Å². The fourth-order valence-corrected chi connectivity index (χ4v) is 4.37. The summed E-state index contributed by atoms with van der Waals surface area (Å²) in [5.41, 5.74) is 0.795. The first kappa shape index (κ1) is 23.3. The maximum Gasteiger partial charge on any atom is 0.338 e. The zero-order chi connectivity index (χ0) is 25.4. The number of hydrogen-bond acceptors (Lipinski definition) is 6. The van der Waals surface area contributed by atoms with Crippen LogP contribution >= 0.6 is 0 Å². The molecule has 0 saturated heterocycles. The summed E-state index contributed by atoms with van der Waals surface area (Å²) in [7, 11) is 0. The van der Waals surface area contributed by atoms with Crippen LogP contribution in [-0.2, 0) is 4.74 Å². The van der Waals surface area contributed by atoms with E-state index in [1.54, 1.807) is 36.4 Å². The van der Waals surface area contributed by atoms with Crippen LogP contribution in [0.3, 0.4) is 0 Å². The molecule has 1 unspecified atom stereocenters. The number of carbonyl (C=O) groups excluding carboxylic acids is 2. The Balaban J connectivity index is 1.63. The quantitative estimate of drug-likeness (QED) is 0.291. The summed E-state index contributed by atoms with van der Waals surface area (Å²) in [5.74, 6) is -1.85. The smallest absolute Gasteiger partial charge is 0.338 e. The second kappa shape index (κ2) is 9.30. The summed E-state index contributed by atoms with van der Waals surface area (Å²) in [6.07, 6.45) is 1.66. The van der Waals surface area contributed by atoms with Crippen molar-refractivity contribution in [3.63, 3.8) is 0 Å². The number of phenolic OH excluding ortho intramolecular Hbond substituents is 1. The molecular formula is C28H22FNO6. The van der Waals surface area contributed by atoms with Gasteiger partial charge in [-0.2, -0.15) is 0 Å². The van der Waals surface area contributed by atoms with Crippen LogP contribution in [0.15, 0.2) is 75.9 Å². The number of phenols is 1. The number of nitrogens with zero attached hydrogens (tertiary/aromatic N) is 1. The van der Waals surface area contributed by atoms with Crippen molar-refractivity contribution in [3.05, 3.63) is 105 Å². The van der Waals surface area contributed by atoms with Gasteiger partial charge < -0.3 is 14.3 Å². The van der Waals surface area contributed by atoms with Gasteiger partial charge in [0.25, 0.3) is 5.91 Å². The predicted molar refractivity (Wildman–Crippen MR) is 131 cm³/mol. The molecule has 36 heavy (non-hydrogen) atoms. The summed E-state index contributed by atoms with van der Waals surface area (Å²) in [4.78, 5) is 40.8. The minimum Gasteiger partial charge on any atom is -0.508 e. The molecule has 1 aliphatic heterocycles. The number of ether oxygens (including phenoxy) is 1. The lowest BCUT2D eigenvalue weighted by Gasteiger charge is -2.25. The average molecular weight is 487 g/mol. The van der Waals surface area contributed by atoms with E-state index < -0.39 is 29.2 Å².